The number of rotatable bonds is 7. The number of aromatic nitrogens is 1. The monoisotopic (exact) mass is 661 g/mol. The number of benzene rings is 2. The Balaban J connectivity index is 0.000000587. The third-order valence-corrected chi connectivity index (χ3v) is 7.61. The van der Waals surface area contributed by atoms with Gasteiger partial charge in [0.15, 0.2) is 0 Å². The van der Waals surface area contributed by atoms with Crippen molar-refractivity contribution >= 4 is 56.5 Å². The van der Waals surface area contributed by atoms with Crippen LogP contribution < -0.4 is 9.46 Å². The van der Waals surface area contributed by atoms with E-state index in [0.29, 0.717) is 18.8 Å². The quantitative estimate of drug-likeness (QED) is 0.260. The van der Waals surface area contributed by atoms with Crippen LogP contribution in [0.1, 0.15) is 12.0 Å². The minimum atomic E-state index is -5.08. The third-order valence-electron chi connectivity index (χ3n) is 5.30. The maximum Gasteiger partial charge on any atom is 0.490 e. The largest absolute Gasteiger partial charge is 0.490 e. The van der Waals surface area contributed by atoms with Crippen LogP contribution in [0.15, 0.2) is 59.6 Å². The summed E-state index contributed by atoms with van der Waals surface area (Å²) in [6.45, 7) is 0.467. The van der Waals surface area contributed by atoms with Crippen LogP contribution in [-0.2, 0) is 21.4 Å². The van der Waals surface area contributed by atoms with Crippen LogP contribution in [0.3, 0.4) is 0 Å². The van der Waals surface area contributed by atoms with Gasteiger partial charge in [-0.05, 0) is 42.0 Å². The molecule has 0 amide bonds. The Morgan fingerprint density at radius 2 is 1.71 bits per heavy atom. The molecule has 2 heterocycles. The molecule has 0 spiro atoms. The number of carboxylic acids is 1. The summed E-state index contributed by atoms with van der Waals surface area (Å²) >= 11 is 17.8. The van der Waals surface area contributed by atoms with E-state index in [1.165, 1.54) is 30.5 Å². The van der Waals surface area contributed by atoms with Crippen molar-refractivity contribution in [1.29, 1.82) is 0 Å². The van der Waals surface area contributed by atoms with Crippen molar-refractivity contribution in [2.24, 2.45) is 0 Å². The number of likely N-dealkylation sites (tertiary alicyclic amines) is 1. The maximum atomic E-state index is 13.4. The van der Waals surface area contributed by atoms with Gasteiger partial charge in [-0.2, -0.15) is 13.2 Å². The van der Waals surface area contributed by atoms with E-state index < -0.39 is 28.1 Å². The zero-order valence-corrected chi connectivity index (χ0v) is 23.5. The van der Waals surface area contributed by atoms with E-state index in [1.54, 1.807) is 29.2 Å². The van der Waals surface area contributed by atoms with Gasteiger partial charge in [0.05, 0.1) is 26.5 Å². The molecule has 1 saturated heterocycles. The van der Waals surface area contributed by atoms with E-state index in [0.717, 1.165) is 5.56 Å². The summed E-state index contributed by atoms with van der Waals surface area (Å²) in [5.41, 5.74) is 0.858. The van der Waals surface area contributed by atoms with Gasteiger partial charge in [-0.3, -0.25) is 9.62 Å². The smallest absolute Gasteiger partial charge is 0.475 e. The molecule has 41 heavy (non-hydrogen) atoms. The molecule has 2 N–H and O–H groups in total. The van der Waals surface area contributed by atoms with Crippen molar-refractivity contribution in [3.8, 4) is 11.6 Å². The van der Waals surface area contributed by atoms with Crippen molar-refractivity contribution in [2.45, 2.75) is 30.0 Å². The van der Waals surface area contributed by atoms with Gasteiger partial charge in [-0.1, -0.05) is 46.9 Å². The molecule has 222 valence electrons. The Bertz CT molecular complexity index is 1510. The molecule has 0 saturated carbocycles. The summed E-state index contributed by atoms with van der Waals surface area (Å²) in [6, 6.07) is 12.1. The van der Waals surface area contributed by atoms with Gasteiger partial charge in [-0.25, -0.2) is 27.0 Å². The number of sulfonamides is 1. The Labute approximate surface area is 245 Å². The van der Waals surface area contributed by atoms with Crippen LogP contribution in [0.5, 0.6) is 11.6 Å². The van der Waals surface area contributed by atoms with E-state index in [-0.39, 0.29) is 44.5 Å². The number of pyridine rings is 1. The van der Waals surface area contributed by atoms with E-state index in [4.69, 9.17) is 49.4 Å². The highest BCUT2D eigenvalue weighted by Crippen LogP contribution is 2.33. The van der Waals surface area contributed by atoms with Gasteiger partial charge in [0.25, 0.3) is 15.9 Å². The molecular weight excluding hydrogens is 644 g/mol. The average Bonchev–Trinajstić information content (AvgIpc) is 3.21. The fourth-order valence-electron chi connectivity index (χ4n) is 3.40. The summed E-state index contributed by atoms with van der Waals surface area (Å²) in [5.74, 6) is -5.06. The van der Waals surface area contributed by atoms with E-state index >= 15 is 0 Å². The maximum absolute atomic E-state index is 13.4. The third kappa shape index (κ3) is 9.57. The topological polar surface area (TPSA) is 109 Å². The number of anilines is 1. The molecule has 17 heteroatoms. The first-order valence-corrected chi connectivity index (χ1v) is 13.9. The SMILES string of the molecule is O=C(O)C(F)(F)F.O=S(=O)(Nc1cc(Cl)cnc1Oc1ccc(CN2CCC(F)(F)C2)cc1)c1ccc(Cl)c(Cl)c1. The zero-order chi connectivity index (χ0) is 30.6. The predicted molar refractivity (Wildman–Crippen MR) is 142 cm³/mol. The molecular formula is C24H19Cl3F5N3O5S. The summed E-state index contributed by atoms with van der Waals surface area (Å²) in [4.78, 5) is 14.6. The van der Waals surface area contributed by atoms with Gasteiger partial charge < -0.3 is 9.84 Å². The Morgan fingerprint density at radius 1 is 1.07 bits per heavy atom. The number of halogens is 8. The fraction of sp³-hybridized carbons (Fsp3) is 0.250. The van der Waals surface area contributed by atoms with Crippen LogP contribution in [0.4, 0.5) is 27.6 Å². The van der Waals surface area contributed by atoms with Gasteiger partial charge in [0.1, 0.15) is 11.4 Å². The van der Waals surface area contributed by atoms with E-state index in [9.17, 15) is 30.4 Å². The molecule has 0 atom stereocenters. The summed E-state index contributed by atoms with van der Waals surface area (Å²) in [5, 5.41) is 7.62. The number of ether oxygens (including phenoxy) is 1. The standard InChI is InChI=1S/C22H18Cl3F2N3O3S.C2HF3O2/c23-15-9-20(29-34(31,32)17-5-6-18(24)19(25)10-17)21(28-11-15)33-16-3-1-14(2-4-16)12-30-8-7-22(26,27)13-30;3-2(4,5)1(6)7/h1-6,9-11,29H,7-8,12-13H2;(H,6,7). The van der Waals surface area contributed by atoms with Crippen molar-refractivity contribution in [2.75, 3.05) is 17.8 Å². The molecule has 0 aliphatic carbocycles. The zero-order valence-electron chi connectivity index (χ0n) is 20.4. The van der Waals surface area contributed by atoms with Crippen LogP contribution in [0.2, 0.25) is 15.1 Å². The first kappa shape index (κ1) is 32.6. The molecule has 0 bridgehead atoms. The Morgan fingerprint density at radius 3 is 2.24 bits per heavy atom. The van der Waals surface area contributed by atoms with Gasteiger partial charge in [-0.15, -0.1) is 0 Å². The van der Waals surface area contributed by atoms with Crippen molar-refractivity contribution < 1.29 is 45.0 Å². The highest BCUT2D eigenvalue weighted by molar-refractivity contribution is 7.92. The average molecular weight is 663 g/mol. The molecule has 3 aromatic rings. The summed E-state index contributed by atoms with van der Waals surface area (Å²) in [7, 11) is -4.05. The first-order valence-electron chi connectivity index (χ1n) is 11.3. The van der Waals surface area contributed by atoms with Crippen LogP contribution in [0.25, 0.3) is 0 Å². The second kappa shape index (κ2) is 12.9. The number of aliphatic carboxylic acids is 1. The van der Waals surface area contributed by atoms with E-state index in [2.05, 4.69) is 9.71 Å². The first-order chi connectivity index (χ1) is 18.9. The summed E-state index contributed by atoms with van der Waals surface area (Å²) in [6.07, 6.45) is -3.91. The number of hydrogen-bond acceptors (Lipinski definition) is 6. The second-order valence-electron chi connectivity index (χ2n) is 8.55. The highest BCUT2D eigenvalue weighted by atomic mass is 35.5. The predicted octanol–water partition coefficient (Wildman–Crippen LogP) is 7.11. The van der Waals surface area contributed by atoms with Crippen LogP contribution in [-0.4, -0.2) is 54.6 Å². The number of carbonyl (C=O) groups is 1. The lowest BCUT2D eigenvalue weighted by atomic mass is 10.2. The number of hydrogen-bond donors (Lipinski definition) is 2. The molecule has 0 unspecified atom stereocenters. The van der Waals surface area contributed by atoms with Gasteiger partial charge >= 0.3 is 12.1 Å². The molecule has 1 aliphatic heterocycles. The van der Waals surface area contributed by atoms with Crippen LogP contribution >= 0.6 is 34.8 Å². The molecule has 1 fully saturated rings. The van der Waals surface area contributed by atoms with Crippen LogP contribution in [0, 0.1) is 0 Å². The number of carboxylic acid groups (broad SMARTS) is 1. The lowest BCUT2D eigenvalue weighted by Crippen LogP contribution is -2.24. The fourth-order valence-corrected chi connectivity index (χ4v) is 5.00. The number of nitrogens with one attached hydrogen (secondary N) is 1. The summed E-state index contributed by atoms with van der Waals surface area (Å²) < 4.78 is 92.4. The molecule has 0 radical (unpaired) electrons. The van der Waals surface area contributed by atoms with Crippen molar-refractivity contribution in [3.63, 3.8) is 0 Å². The lowest BCUT2D eigenvalue weighted by Gasteiger charge is -2.16. The van der Waals surface area contributed by atoms with Gasteiger partial charge in [0, 0.05) is 25.7 Å². The normalized spacial score (nSPS) is 15.1. The molecule has 8 nitrogen and oxygen atoms in total. The minimum absolute atomic E-state index is 0.0157. The van der Waals surface area contributed by atoms with Crippen molar-refractivity contribution in [3.05, 3.63) is 75.4 Å². The molecule has 2 aromatic carbocycles. The van der Waals surface area contributed by atoms with Crippen molar-refractivity contribution in [1.82, 2.24) is 9.88 Å². The number of alkyl halides is 5. The van der Waals surface area contributed by atoms with E-state index in [1.807, 2.05) is 0 Å². The van der Waals surface area contributed by atoms with Gasteiger partial charge in [0.2, 0.25) is 5.88 Å². The molecule has 1 aromatic heterocycles. The molecule has 4 rings (SSSR count). The Kier molecular flexibility index (Phi) is 10.3. The Hall–Kier alpha value is -2.91. The highest BCUT2D eigenvalue weighted by Gasteiger charge is 2.38. The second-order valence-corrected chi connectivity index (χ2v) is 11.5. The molecule has 1 aliphatic rings. The number of nitrogens with zero attached hydrogens (tertiary/aromatic N) is 2. The lowest BCUT2D eigenvalue weighted by molar-refractivity contribution is -0.192. The minimum Gasteiger partial charge on any atom is -0.475 e.